The summed E-state index contributed by atoms with van der Waals surface area (Å²) in [5, 5.41) is 0. The lowest BCUT2D eigenvalue weighted by molar-refractivity contribution is 0.303. The van der Waals surface area contributed by atoms with Gasteiger partial charge in [-0.15, -0.1) is 0 Å². The van der Waals surface area contributed by atoms with Crippen molar-refractivity contribution in [2.75, 3.05) is 6.61 Å². The van der Waals surface area contributed by atoms with E-state index in [1.54, 1.807) is 6.07 Å². The Morgan fingerprint density at radius 3 is 1.94 bits per heavy atom. The lowest BCUT2D eigenvalue weighted by Gasteiger charge is -2.09. The van der Waals surface area contributed by atoms with Crippen LogP contribution in [0.15, 0.2) is 36.5 Å². The van der Waals surface area contributed by atoms with Crippen molar-refractivity contribution in [3.63, 3.8) is 0 Å². The molecule has 2 nitrogen and oxygen atoms in total. The zero-order chi connectivity index (χ0) is 22.9. The van der Waals surface area contributed by atoms with Gasteiger partial charge < -0.3 is 4.74 Å². The topological polar surface area (TPSA) is 22.1 Å². The smallest absolute Gasteiger partial charge is 0.136 e. The molecule has 0 fully saturated rings. The van der Waals surface area contributed by atoms with Gasteiger partial charge in [-0.25, -0.2) is 4.39 Å². The molecule has 0 spiro atoms. The number of hydrogen-bond acceptors (Lipinski definition) is 2. The third kappa shape index (κ3) is 10.6. The molecule has 0 radical (unpaired) electrons. The first-order valence-corrected chi connectivity index (χ1v) is 13.1. The molecule has 0 unspecified atom stereocenters. The largest absolute Gasteiger partial charge is 0.493 e. The highest BCUT2D eigenvalue weighted by atomic mass is 19.1. The molecule has 1 heterocycles. The molecule has 0 aliphatic rings. The number of pyridine rings is 1. The molecule has 0 N–H and O–H groups in total. The van der Waals surface area contributed by atoms with Crippen LogP contribution in [0.4, 0.5) is 4.39 Å². The van der Waals surface area contributed by atoms with E-state index in [4.69, 9.17) is 4.74 Å². The summed E-state index contributed by atoms with van der Waals surface area (Å²) in [4.78, 5) is 4.52. The number of hydrogen-bond donors (Lipinski definition) is 0. The summed E-state index contributed by atoms with van der Waals surface area (Å²) in [5.74, 6) is 0.335. The van der Waals surface area contributed by atoms with Crippen molar-refractivity contribution in [2.24, 2.45) is 0 Å². The minimum absolute atomic E-state index is 0.269. The van der Waals surface area contributed by atoms with Crippen molar-refractivity contribution < 1.29 is 9.13 Å². The van der Waals surface area contributed by atoms with Crippen LogP contribution in [0.2, 0.25) is 0 Å². The van der Waals surface area contributed by atoms with Gasteiger partial charge in [0.1, 0.15) is 11.6 Å². The van der Waals surface area contributed by atoms with Crippen LogP contribution in [-0.2, 0) is 6.42 Å². The van der Waals surface area contributed by atoms with Crippen LogP contribution in [0.25, 0.3) is 11.3 Å². The molecule has 0 saturated heterocycles. The Balaban J connectivity index is 1.70. The molecular formula is C29H44FNO. The van der Waals surface area contributed by atoms with Crippen molar-refractivity contribution in [2.45, 2.75) is 110 Å². The summed E-state index contributed by atoms with van der Waals surface area (Å²) < 4.78 is 20.4. The van der Waals surface area contributed by atoms with Gasteiger partial charge in [0.05, 0.1) is 12.3 Å². The van der Waals surface area contributed by atoms with Gasteiger partial charge in [-0.2, -0.15) is 0 Å². The molecule has 0 saturated carbocycles. The zero-order valence-electron chi connectivity index (χ0n) is 20.5. The standard InChI is InChI=1S/C29H44FNO/c1-3-5-7-9-11-13-15-17-25-18-21-29(31-24-25)27-20-19-26(23-28(27)30)32-22-16-14-12-10-8-6-4-2/h18-21,23-24H,3-17,22H2,1-2H3. The number of nitrogens with zero attached hydrogens (tertiary/aromatic N) is 1. The van der Waals surface area contributed by atoms with Crippen molar-refractivity contribution in [1.82, 2.24) is 4.98 Å². The lowest BCUT2D eigenvalue weighted by Crippen LogP contribution is -1.98. The molecule has 2 aromatic rings. The van der Waals surface area contributed by atoms with E-state index >= 15 is 0 Å². The summed E-state index contributed by atoms with van der Waals surface area (Å²) in [6.45, 7) is 5.14. The Hall–Kier alpha value is -1.90. The van der Waals surface area contributed by atoms with Gasteiger partial charge in [0.15, 0.2) is 0 Å². The van der Waals surface area contributed by atoms with E-state index in [-0.39, 0.29) is 5.82 Å². The third-order valence-corrected chi connectivity index (χ3v) is 6.13. The van der Waals surface area contributed by atoms with Crippen LogP contribution < -0.4 is 4.74 Å². The van der Waals surface area contributed by atoms with E-state index in [1.165, 1.54) is 95.1 Å². The fraction of sp³-hybridized carbons (Fsp3) is 0.621. The second kappa shape index (κ2) is 16.7. The molecule has 1 aromatic heterocycles. The molecule has 0 bridgehead atoms. The van der Waals surface area contributed by atoms with E-state index in [0.717, 1.165) is 12.8 Å². The molecule has 0 aliphatic carbocycles. The van der Waals surface area contributed by atoms with E-state index in [0.29, 0.717) is 23.6 Å². The van der Waals surface area contributed by atoms with Crippen LogP contribution >= 0.6 is 0 Å². The Morgan fingerprint density at radius 2 is 1.34 bits per heavy atom. The highest BCUT2D eigenvalue weighted by molar-refractivity contribution is 5.61. The fourth-order valence-electron chi connectivity index (χ4n) is 4.06. The van der Waals surface area contributed by atoms with Crippen LogP contribution in [0.1, 0.15) is 109 Å². The van der Waals surface area contributed by atoms with Crippen LogP contribution in [0.5, 0.6) is 5.75 Å². The molecule has 32 heavy (non-hydrogen) atoms. The monoisotopic (exact) mass is 441 g/mol. The quantitative estimate of drug-likeness (QED) is 0.215. The summed E-state index contributed by atoms with van der Waals surface area (Å²) >= 11 is 0. The molecule has 178 valence electrons. The molecule has 3 heteroatoms. The maximum absolute atomic E-state index is 14.6. The summed E-state index contributed by atoms with van der Waals surface area (Å²) in [5.41, 5.74) is 2.46. The van der Waals surface area contributed by atoms with E-state index in [2.05, 4.69) is 24.9 Å². The minimum Gasteiger partial charge on any atom is -0.493 e. The van der Waals surface area contributed by atoms with Gasteiger partial charge in [0.25, 0.3) is 0 Å². The molecule has 0 amide bonds. The van der Waals surface area contributed by atoms with Gasteiger partial charge in [-0.3, -0.25) is 4.98 Å². The predicted octanol–water partition coefficient (Wildman–Crippen LogP) is 9.31. The normalized spacial score (nSPS) is 11.1. The third-order valence-electron chi connectivity index (χ3n) is 6.13. The Kier molecular flexibility index (Phi) is 13.7. The van der Waals surface area contributed by atoms with Crippen LogP contribution in [0, 0.1) is 5.82 Å². The van der Waals surface area contributed by atoms with Gasteiger partial charge in [-0.05, 0) is 43.0 Å². The summed E-state index contributed by atoms with van der Waals surface area (Å²) in [7, 11) is 0. The summed E-state index contributed by atoms with van der Waals surface area (Å²) in [6.07, 6.45) is 20.8. The Bertz CT molecular complexity index is 728. The highest BCUT2D eigenvalue weighted by Crippen LogP contribution is 2.25. The number of aromatic nitrogens is 1. The number of aryl methyl sites for hydroxylation is 1. The molecule has 2 rings (SSSR count). The van der Waals surface area contributed by atoms with Crippen molar-refractivity contribution in [1.29, 1.82) is 0 Å². The Labute approximate surface area is 196 Å². The molecule has 1 aromatic carbocycles. The predicted molar refractivity (Wildman–Crippen MR) is 135 cm³/mol. The minimum atomic E-state index is -0.269. The number of benzene rings is 1. The van der Waals surface area contributed by atoms with Crippen LogP contribution in [-0.4, -0.2) is 11.6 Å². The van der Waals surface area contributed by atoms with Crippen molar-refractivity contribution in [3.8, 4) is 17.0 Å². The van der Waals surface area contributed by atoms with Gasteiger partial charge in [0.2, 0.25) is 0 Å². The van der Waals surface area contributed by atoms with Crippen molar-refractivity contribution >= 4 is 0 Å². The van der Waals surface area contributed by atoms with Crippen molar-refractivity contribution in [3.05, 3.63) is 47.9 Å². The van der Waals surface area contributed by atoms with E-state index in [9.17, 15) is 4.39 Å². The van der Waals surface area contributed by atoms with E-state index < -0.39 is 0 Å². The molecule has 0 atom stereocenters. The fourth-order valence-corrected chi connectivity index (χ4v) is 4.06. The zero-order valence-corrected chi connectivity index (χ0v) is 20.5. The lowest BCUT2D eigenvalue weighted by atomic mass is 10.0. The average molecular weight is 442 g/mol. The maximum Gasteiger partial charge on any atom is 0.136 e. The number of rotatable bonds is 18. The maximum atomic E-state index is 14.6. The van der Waals surface area contributed by atoms with E-state index in [1.807, 2.05) is 18.3 Å². The molecular weight excluding hydrogens is 397 g/mol. The average Bonchev–Trinajstić information content (AvgIpc) is 2.81. The van der Waals surface area contributed by atoms with Gasteiger partial charge in [-0.1, -0.05) is 97.0 Å². The first-order valence-electron chi connectivity index (χ1n) is 13.1. The molecule has 0 aliphatic heterocycles. The van der Waals surface area contributed by atoms with Gasteiger partial charge in [0, 0.05) is 17.8 Å². The first-order chi connectivity index (χ1) is 15.7. The first kappa shape index (κ1) is 26.4. The second-order valence-corrected chi connectivity index (χ2v) is 9.03. The number of ether oxygens (including phenoxy) is 1. The SMILES string of the molecule is CCCCCCCCCOc1ccc(-c2ccc(CCCCCCCCC)cn2)c(F)c1. The highest BCUT2D eigenvalue weighted by Gasteiger charge is 2.08. The number of halogens is 1. The number of unbranched alkanes of at least 4 members (excludes halogenated alkanes) is 12. The second-order valence-electron chi connectivity index (χ2n) is 9.03. The Morgan fingerprint density at radius 1 is 0.719 bits per heavy atom. The van der Waals surface area contributed by atoms with Crippen LogP contribution in [0.3, 0.4) is 0 Å². The van der Waals surface area contributed by atoms with Gasteiger partial charge >= 0.3 is 0 Å². The summed E-state index contributed by atoms with van der Waals surface area (Å²) in [6, 6.07) is 9.16.